The van der Waals surface area contributed by atoms with Crippen LogP contribution < -0.4 is 10.9 Å². The van der Waals surface area contributed by atoms with E-state index in [-0.39, 0.29) is 22.9 Å². The van der Waals surface area contributed by atoms with Crippen LogP contribution in [0.2, 0.25) is 0 Å². The van der Waals surface area contributed by atoms with Crippen LogP contribution in [0.4, 0.5) is 0 Å². The maximum absolute atomic E-state index is 12.6. The maximum Gasteiger partial charge on any atom is 0.263 e. The molecule has 0 radical (unpaired) electrons. The molecule has 1 aromatic carbocycles. The summed E-state index contributed by atoms with van der Waals surface area (Å²) in [6, 6.07) is 13.5. The Morgan fingerprint density at radius 1 is 1.07 bits per heavy atom. The Balaban J connectivity index is 1.37. The smallest absolute Gasteiger partial charge is 0.263 e. The minimum Gasteiger partial charge on any atom is -0.356 e. The normalized spacial score (nSPS) is 14.6. The number of likely N-dealkylation sites (tertiary alicyclic amines) is 1. The number of carbonyl (C=O) groups excluding carboxylic acids is 2. The van der Waals surface area contributed by atoms with Crippen molar-refractivity contribution in [1.29, 1.82) is 0 Å². The molecule has 2 amide bonds. The van der Waals surface area contributed by atoms with Crippen molar-refractivity contribution in [1.82, 2.24) is 14.8 Å². The van der Waals surface area contributed by atoms with Crippen LogP contribution in [0.5, 0.6) is 0 Å². The third-order valence-corrected chi connectivity index (χ3v) is 5.56. The summed E-state index contributed by atoms with van der Waals surface area (Å²) in [5, 5.41) is 3.04. The van der Waals surface area contributed by atoms with Gasteiger partial charge in [-0.2, -0.15) is 0 Å². The predicted molar refractivity (Wildman–Crippen MR) is 113 cm³/mol. The van der Waals surface area contributed by atoms with Gasteiger partial charge in [0.05, 0.1) is 0 Å². The maximum atomic E-state index is 12.6. The molecular formula is C23H29N3O3. The standard InChI is InChI=1S/C23H29N3O3/c1-25-14-6-10-20(22(25)28)23(29)26-15-12-19(13-16-26)17-24-21(27)11-5-9-18-7-3-2-4-8-18/h2-4,6-8,10,14,19H,5,9,11-13,15-17H2,1H3,(H,24,27). The van der Waals surface area contributed by atoms with Gasteiger partial charge in [-0.1, -0.05) is 30.3 Å². The number of hydrogen-bond donors (Lipinski definition) is 1. The molecule has 29 heavy (non-hydrogen) atoms. The van der Waals surface area contributed by atoms with Gasteiger partial charge in [-0.15, -0.1) is 0 Å². The first kappa shape index (κ1) is 20.8. The third kappa shape index (κ3) is 5.79. The van der Waals surface area contributed by atoms with E-state index in [1.54, 1.807) is 30.3 Å². The van der Waals surface area contributed by atoms with E-state index in [4.69, 9.17) is 0 Å². The zero-order valence-electron chi connectivity index (χ0n) is 17.0. The van der Waals surface area contributed by atoms with E-state index in [9.17, 15) is 14.4 Å². The van der Waals surface area contributed by atoms with E-state index in [0.29, 0.717) is 32.0 Å². The number of carbonyl (C=O) groups is 2. The van der Waals surface area contributed by atoms with Crippen molar-refractivity contribution in [3.05, 3.63) is 70.1 Å². The molecule has 0 spiro atoms. The fourth-order valence-corrected chi connectivity index (χ4v) is 3.71. The second kappa shape index (κ2) is 10.0. The molecule has 0 aliphatic carbocycles. The first-order valence-electron chi connectivity index (χ1n) is 10.3. The summed E-state index contributed by atoms with van der Waals surface area (Å²) in [6.07, 6.45) is 5.60. The molecule has 1 fully saturated rings. The Labute approximate surface area is 171 Å². The number of nitrogens with one attached hydrogen (secondary N) is 1. The van der Waals surface area contributed by atoms with Gasteiger partial charge in [-0.3, -0.25) is 14.4 Å². The van der Waals surface area contributed by atoms with E-state index in [2.05, 4.69) is 17.4 Å². The molecule has 0 saturated carbocycles. The fourth-order valence-electron chi connectivity index (χ4n) is 3.71. The van der Waals surface area contributed by atoms with Crippen LogP contribution in [0.3, 0.4) is 0 Å². The first-order valence-corrected chi connectivity index (χ1v) is 10.3. The van der Waals surface area contributed by atoms with E-state index in [1.807, 2.05) is 18.2 Å². The SMILES string of the molecule is Cn1cccc(C(=O)N2CCC(CNC(=O)CCCc3ccccc3)CC2)c1=O. The van der Waals surface area contributed by atoms with Crippen molar-refractivity contribution in [3.63, 3.8) is 0 Å². The fraction of sp³-hybridized carbons (Fsp3) is 0.435. The van der Waals surface area contributed by atoms with Crippen molar-refractivity contribution >= 4 is 11.8 Å². The van der Waals surface area contributed by atoms with Gasteiger partial charge in [0.1, 0.15) is 5.56 Å². The molecule has 0 atom stereocenters. The van der Waals surface area contributed by atoms with Gasteiger partial charge in [-0.05, 0) is 49.3 Å². The predicted octanol–water partition coefficient (Wildman–Crippen LogP) is 2.38. The van der Waals surface area contributed by atoms with Crippen molar-refractivity contribution in [2.45, 2.75) is 32.1 Å². The van der Waals surface area contributed by atoms with Gasteiger partial charge in [0.25, 0.3) is 11.5 Å². The molecular weight excluding hydrogens is 366 g/mol. The van der Waals surface area contributed by atoms with Crippen LogP contribution in [0.15, 0.2) is 53.5 Å². The van der Waals surface area contributed by atoms with Crippen LogP contribution in [-0.4, -0.2) is 40.9 Å². The van der Waals surface area contributed by atoms with Crippen LogP contribution in [0, 0.1) is 5.92 Å². The number of nitrogens with zero attached hydrogens (tertiary/aromatic N) is 2. The monoisotopic (exact) mass is 395 g/mol. The molecule has 3 rings (SSSR count). The van der Waals surface area contributed by atoms with E-state index in [0.717, 1.165) is 25.7 Å². The van der Waals surface area contributed by atoms with Crippen LogP contribution in [0.1, 0.15) is 41.6 Å². The quantitative estimate of drug-likeness (QED) is 0.782. The van der Waals surface area contributed by atoms with Crippen molar-refractivity contribution in [2.24, 2.45) is 13.0 Å². The van der Waals surface area contributed by atoms with E-state index in [1.165, 1.54) is 10.1 Å². The Morgan fingerprint density at radius 3 is 2.52 bits per heavy atom. The Hall–Kier alpha value is -2.89. The summed E-state index contributed by atoms with van der Waals surface area (Å²) in [5.41, 5.74) is 1.22. The molecule has 1 saturated heterocycles. The molecule has 154 valence electrons. The third-order valence-electron chi connectivity index (χ3n) is 5.56. The van der Waals surface area contributed by atoms with Gasteiger partial charge in [0.2, 0.25) is 5.91 Å². The zero-order chi connectivity index (χ0) is 20.6. The highest BCUT2D eigenvalue weighted by molar-refractivity contribution is 5.93. The number of aryl methyl sites for hydroxylation is 2. The number of piperidine rings is 1. The molecule has 6 nitrogen and oxygen atoms in total. The summed E-state index contributed by atoms with van der Waals surface area (Å²) >= 11 is 0. The molecule has 1 aliphatic rings. The Morgan fingerprint density at radius 2 is 1.79 bits per heavy atom. The number of hydrogen-bond acceptors (Lipinski definition) is 3. The summed E-state index contributed by atoms with van der Waals surface area (Å²) in [4.78, 5) is 38.6. The molecule has 1 N–H and O–H groups in total. The van der Waals surface area contributed by atoms with Crippen LogP contribution >= 0.6 is 0 Å². The Kier molecular flexibility index (Phi) is 7.22. The molecule has 1 aliphatic heterocycles. The molecule has 2 aromatic rings. The summed E-state index contributed by atoms with van der Waals surface area (Å²) in [7, 11) is 1.65. The Bertz CT molecular complexity index is 884. The van der Waals surface area contributed by atoms with Crippen LogP contribution in [-0.2, 0) is 18.3 Å². The molecule has 0 unspecified atom stereocenters. The highest BCUT2D eigenvalue weighted by Crippen LogP contribution is 2.18. The first-order chi connectivity index (χ1) is 14.0. The second-order valence-corrected chi connectivity index (χ2v) is 7.72. The summed E-state index contributed by atoms with van der Waals surface area (Å²) in [6.45, 7) is 1.89. The average molecular weight is 396 g/mol. The number of pyridine rings is 1. The average Bonchev–Trinajstić information content (AvgIpc) is 2.75. The molecule has 2 heterocycles. The lowest BCUT2D eigenvalue weighted by molar-refractivity contribution is -0.121. The van der Waals surface area contributed by atoms with Gasteiger partial charge in [0.15, 0.2) is 0 Å². The minimum absolute atomic E-state index is 0.0900. The van der Waals surface area contributed by atoms with Gasteiger partial charge in [0, 0.05) is 39.3 Å². The lowest BCUT2D eigenvalue weighted by Gasteiger charge is -2.32. The van der Waals surface area contributed by atoms with E-state index >= 15 is 0 Å². The lowest BCUT2D eigenvalue weighted by atomic mass is 9.96. The van der Waals surface area contributed by atoms with Crippen LogP contribution in [0.25, 0.3) is 0 Å². The highest BCUT2D eigenvalue weighted by atomic mass is 16.2. The van der Waals surface area contributed by atoms with Crippen molar-refractivity contribution in [3.8, 4) is 0 Å². The largest absolute Gasteiger partial charge is 0.356 e. The van der Waals surface area contributed by atoms with Gasteiger partial charge < -0.3 is 14.8 Å². The molecule has 6 heteroatoms. The minimum atomic E-state index is -0.262. The van der Waals surface area contributed by atoms with E-state index < -0.39 is 0 Å². The van der Waals surface area contributed by atoms with Gasteiger partial charge >= 0.3 is 0 Å². The number of amides is 2. The van der Waals surface area contributed by atoms with Crippen molar-refractivity contribution in [2.75, 3.05) is 19.6 Å². The number of benzene rings is 1. The zero-order valence-corrected chi connectivity index (χ0v) is 17.0. The number of aromatic nitrogens is 1. The number of rotatable bonds is 7. The summed E-state index contributed by atoms with van der Waals surface area (Å²) in [5.74, 6) is 0.262. The van der Waals surface area contributed by atoms with Crippen molar-refractivity contribution < 1.29 is 9.59 Å². The lowest BCUT2D eigenvalue weighted by Crippen LogP contribution is -2.43. The van der Waals surface area contributed by atoms with Gasteiger partial charge in [-0.25, -0.2) is 0 Å². The topological polar surface area (TPSA) is 71.4 Å². The second-order valence-electron chi connectivity index (χ2n) is 7.72. The summed E-state index contributed by atoms with van der Waals surface area (Å²) < 4.78 is 1.42. The molecule has 1 aromatic heterocycles. The highest BCUT2D eigenvalue weighted by Gasteiger charge is 2.25. The molecule has 0 bridgehead atoms.